The number of carbonyl (C=O) groups excluding carboxylic acids is 2. The van der Waals surface area contributed by atoms with Crippen LogP contribution in [0.1, 0.15) is 35.0 Å². The van der Waals surface area contributed by atoms with Crippen molar-refractivity contribution in [3.05, 3.63) is 59.0 Å². The molecule has 1 N–H and O–H groups in total. The highest BCUT2D eigenvalue weighted by Crippen LogP contribution is 2.29. The molecule has 1 atom stereocenters. The number of amides is 2. The van der Waals surface area contributed by atoms with Crippen LogP contribution < -0.4 is 5.32 Å². The van der Waals surface area contributed by atoms with Crippen LogP contribution >= 0.6 is 0 Å². The number of anilines is 1. The summed E-state index contributed by atoms with van der Waals surface area (Å²) in [6, 6.07) is 6.98. The minimum absolute atomic E-state index is 0.111. The third-order valence-electron chi connectivity index (χ3n) is 4.04. The number of hydrogen-bond acceptors (Lipinski definition) is 5. The first-order valence-corrected chi connectivity index (χ1v) is 7.98. The van der Waals surface area contributed by atoms with Gasteiger partial charge in [-0.1, -0.05) is 23.4 Å². The van der Waals surface area contributed by atoms with E-state index in [4.69, 9.17) is 4.52 Å². The SMILES string of the molecule is Cc1noc(C)c1CCC(=O)Nc1ccccc1C1C=CC(=O)N=N1. The van der Waals surface area contributed by atoms with Crippen LogP contribution in [-0.4, -0.2) is 17.0 Å². The Morgan fingerprint density at radius 3 is 2.76 bits per heavy atom. The van der Waals surface area contributed by atoms with Crippen molar-refractivity contribution in [2.45, 2.75) is 32.7 Å². The first-order chi connectivity index (χ1) is 12.0. The van der Waals surface area contributed by atoms with Crippen LogP contribution in [-0.2, 0) is 16.0 Å². The summed E-state index contributed by atoms with van der Waals surface area (Å²) in [5, 5.41) is 14.3. The molecule has 1 unspecified atom stereocenters. The van der Waals surface area contributed by atoms with Crippen LogP contribution in [0.2, 0.25) is 0 Å². The summed E-state index contributed by atoms with van der Waals surface area (Å²) in [6.07, 6.45) is 3.93. The fraction of sp³-hybridized carbons (Fsp3) is 0.278. The van der Waals surface area contributed by atoms with E-state index < -0.39 is 0 Å². The summed E-state index contributed by atoms with van der Waals surface area (Å²) in [5.74, 6) is 0.251. The maximum atomic E-state index is 12.3. The Hall–Kier alpha value is -3.09. The van der Waals surface area contributed by atoms with Crippen molar-refractivity contribution in [2.24, 2.45) is 10.2 Å². The maximum Gasteiger partial charge on any atom is 0.287 e. The van der Waals surface area contributed by atoms with E-state index >= 15 is 0 Å². The summed E-state index contributed by atoms with van der Waals surface area (Å²) >= 11 is 0. The Labute approximate surface area is 144 Å². The lowest BCUT2D eigenvalue weighted by atomic mass is 10.0. The van der Waals surface area contributed by atoms with E-state index in [1.807, 2.05) is 38.1 Å². The summed E-state index contributed by atoms with van der Waals surface area (Å²) in [7, 11) is 0. The number of nitrogens with one attached hydrogen (secondary N) is 1. The summed E-state index contributed by atoms with van der Waals surface area (Å²) in [5.41, 5.74) is 3.23. The van der Waals surface area contributed by atoms with E-state index in [1.165, 1.54) is 6.08 Å². The molecule has 1 aromatic carbocycles. The molecule has 1 aliphatic heterocycles. The number of rotatable bonds is 5. The fourth-order valence-electron chi connectivity index (χ4n) is 2.71. The number of para-hydroxylation sites is 1. The second-order valence-corrected chi connectivity index (χ2v) is 5.80. The molecule has 2 amide bonds. The topological polar surface area (TPSA) is 96.9 Å². The van der Waals surface area contributed by atoms with Gasteiger partial charge in [0.2, 0.25) is 5.91 Å². The lowest BCUT2D eigenvalue weighted by Crippen LogP contribution is -2.15. The smallest absolute Gasteiger partial charge is 0.287 e. The number of azo groups is 1. The highest BCUT2D eigenvalue weighted by Gasteiger charge is 2.17. The third-order valence-corrected chi connectivity index (χ3v) is 4.04. The normalized spacial score (nSPS) is 16.2. The Bertz CT molecular complexity index is 831. The number of aryl methyl sites for hydroxylation is 2. The maximum absolute atomic E-state index is 12.3. The number of nitrogens with zero attached hydrogens (tertiary/aromatic N) is 3. The molecule has 1 aliphatic rings. The van der Waals surface area contributed by atoms with Gasteiger partial charge in [-0.2, -0.15) is 5.11 Å². The molecule has 0 radical (unpaired) electrons. The van der Waals surface area contributed by atoms with E-state index in [0.717, 1.165) is 22.6 Å². The monoisotopic (exact) mass is 338 g/mol. The van der Waals surface area contributed by atoms with Gasteiger partial charge in [0.1, 0.15) is 11.8 Å². The zero-order valence-corrected chi connectivity index (χ0v) is 14.0. The summed E-state index contributed by atoms with van der Waals surface area (Å²) < 4.78 is 5.11. The van der Waals surface area contributed by atoms with Crippen molar-refractivity contribution < 1.29 is 14.1 Å². The van der Waals surface area contributed by atoms with Gasteiger partial charge in [-0.25, -0.2) is 0 Å². The van der Waals surface area contributed by atoms with Crippen LogP contribution in [0.25, 0.3) is 0 Å². The van der Waals surface area contributed by atoms with Crippen LogP contribution in [0.5, 0.6) is 0 Å². The summed E-state index contributed by atoms with van der Waals surface area (Å²) in [4.78, 5) is 23.5. The van der Waals surface area contributed by atoms with Gasteiger partial charge in [0.25, 0.3) is 5.91 Å². The first kappa shape index (κ1) is 16.8. The van der Waals surface area contributed by atoms with Crippen molar-refractivity contribution in [1.29, 1.82) is 0 Å². The lowest BCUT2D eigenvalue weighted by molar-refractivity contribution is -0.116. The Balaban J connectivity index is 1.69. The Kier molecular flexibility index (Phi) is 4.83. The standard InChI is InChI=1S/C18H18N4O3/c1-11-13(12(2)25-22-11)7-9-17(23)19-15-6-4-3-5-14(15)16-8-10-18(24)21-20-16/h3-6,8,10,16H,7,9H2,1-2H3,(H,19,23). The molecule has 0 saturated carbocycles. The second kappa shape index (κ2) is 7.21. The van der Waals surface area contributed by atoms with Crippen molar-refractivity contribution in [1.82, 2.24) is 5.16 Å². The highest BCUT2D eigenvalue weighted by atomic mass is 16.5. The molecule has 7 heteroatoms. The van der Waals surface area contributed by atoms with Gasteiger partial charge < -0.3 is 9.84 Å². The van der Waals surface area contributed by atoms with Crippen LogP contribution in [0.3, 0.4) is 0 Å². The van der Waals surface area contributed by atoms with Gasteiger partial charge in [0, 0.05) is 29.3 Å². The average Bonchev–Trinajstić information content (AvgIpc) is 2.93. The summed E-state index contributed by atoms with van der Waals surface area (Å²) in [6.45, 7) is 3.70. The molecule has 3 rings (SSSR count). The molecule has 0 aliphatic carbocycles. The highest BCUT2D eigenvalue weighted by molar-refractivity contribution is 5.92. The van der Waals surface area contributed by atoms with Crippen molar-refractivity contribution >= 4 is 17.5 Å². The van der Waals surface area contributed by atoms with Gasteiger partial charge in [-0.3, -0.25) is 9.59 Å². The molecule has 128 valence electrons. The molecular weight excluding hydrogens is 320 g/mol. The van der Waals surface area contributed by atoms with E-state index in [0.29, 0.717) is 18.5 Å². The number of benzene rings is 1. The average molecular weight is 338 g/mol. The number of carbonyl (C=O) groups is 2. The van der Waals surface area contributed by atoms with E-state index in [-0.39, 0.29) is 17.9 Å². The van der Waals surface area contributed by atoms with Gasteiger partial charge in [-0.05, 0) is 32.4 Å². The van der Waals surface area contributed by atoms with Crippen LogP contribution in [0.15, 0.2) is 51.2 Å². The fourth-order valence-corrected chi connectivity index (χ4v) is 2.71. The molecule has 0 bridgehead atoms. The predicted octanol–water partition coefficient (Wildman–Crippen LogP) is 3.45. The minimum Gasteiger partial charge on any atom is -0.361 e. The minimum atomic E-state index is -0.378. The van der Waals surface area contributed by atoms with E-state index in [9.17, 15) is 9.59 Å². The van der Waals surface area contributed by atoms with Gasteiger partial charge in [0.05, 0.1) is 5.69 Å². The zero-order valence-electron chi connectivity index (χ0n) is 14.0. The van der Waals surface area contributed by atoms with Crippen LogP contribution in [0.4, 0.5) is 5.69 Å². The van der Waals surface area contributed by atoms with Gasteiger partial charge >= 0.3 is 0 Å². The largest absolute Gasteiger partial charge is 0.361 e. The molecule has 0 saturated heterocycles. The second-order valence-electron chi connectivity index (χ2n) is 5.80. The predicted molar refractivity (Wildman–Crippen MR) is 91.1 cm³/mol. The van der Waals surface area contributed by atoms with Crippen molar-refractivity contribution in [2.75, 3.05) is 5.32 Å². The molecule has 0 fully saturated rings. The van der Waals surface area contributed by atoms with Crippen LogP contribution in [0, 0.1) is 13.8 Å². The first-order valence-electron chi connectivity index (χ1n) is 7.98. The van der Waals surface area contributed by atoms with Gasteiger partial charge in [-0.15, -0.1) is 5.11 Å². The number of hydrogen-bond donors (Lipinski definition) is 1. The molecule has 1 aromatic heterocycles. The molecular formula is C18H18N4O3. The lowest BCUT2D eigenvalue weighted by Gasteiger charge is -2.15. The third kappa shape index (κ3) is 3.88. The Morgan fingerprint density at radius 1 is 1.28 bits per heavy atom. The molecule has 0 spiro atoms. The molecule has 7 nitrogen and oxygen atoms in total. The van der Waals surface area contributed by atoms with Crippen molar-refractivity contribution in [3.8, 4) is 0 Å². The zero-order chi connectivity index (χ0) is 17.8. The van der Waals surface area contributed by atoms with E-state index in [2.05, 4.69) is 20.7 Å². The van der Waals surface area contributed by atoms with Crippen molar-refractivity contribution in [3.63, 3.8) is 0 Å². The van der Waals surface area contributed by atoms with Gasteiger partial charge in [0.15, 0.2) is 0 Å². The van der Waals surface area contributed by atoms with E-state index in [1.54, 1.807) is 6.08 Å². The number of aromatic nitrogens is 1. The Morgan fingerprint density at radius 2 is 2.08 bits per heavy atom. The quantitative estimate of drug-likeness (QED) is 0.903. The molecule has 2 heterocycles. The molecule has 25 heavy (non-hydrogen) atoms. The molecule has 2 aromatic rings.